The largest absolute Gasteiger partial charge is 0.279 e. The summed E-state index contributed by atoms with van der Waals surface area (Å²) in [5.41, 5.74) is 2.96. The van der Waals surface area contributed by atoms with Crippen LogP contribution in [0.25, 0.3) is 10.2 Å². The van der Waals surface area contributed by atoms with Crippen molar-refractivity contribution in [2.45, 2.75) is 13.5 Å². The highest BCUT2D eigenvalue weighted by Crippen LogP contribution is 2.36. The number of hydrogen-bond acceptors (Lipinski definition) is 4. The first-order valence-corrected chi connectivity index (χ1v) is 10.2. The molecule has 4 aromatic rings. The molecule has 0 unspecified atom stereocenters. The zero-order valence-corrected chi connectivity index (χ0v) is 16.4. The number of hydrogen-bond donors (Lipinski definition) is 0. The van der Waals surface area contributed by atoms with Crippen LogP contribution in [0, 0.1) is 6.92 Å². The number of carbonyl (C=O) groups excluding carboxylic acids is 1. The molecule has 2 heterocycles. The zero-order valence-electron chi connectivity index (χ0n) is 14.0. The predicted octanol–water partition coefficient (Wildman–Crippen LogP) is 6.17. The number of aromatic nitrogens is 1. The molecule has 2 aromatic heterocycles. The average Bonchev–Trinajstić information content (AvgIpc) is 3.33. The number of fused-ring (bicyclic) bond motifs is 1. The minimum Gasteiger partial charge on any atom is -0.279 e. The minimum absolute atomic E-state index is 0.0447. The summed E-state index contributed by atoms with van der Waals surface area (Å²) in [5.74, 6) is -0.0447. The van der Waals surface area contributed by atoms with Gasteiger partial charge in [-0.3, -0.25) is 9.69 Å². The van der Waals surface area contributed by atoms with E-state index in [1.165, 1.54) is 22.7 Å². The number of nitrogens with zero attached hydrogens (tertiary/aromatic N) is 2. The Morgan fingerprint density at radius 2 is 1.92 bits per heavy atom. The molecule has 0 bridgehead atoms. The van der Waals surface area contributed by atoms with Crippen LogP contribution < -0.4 is 4.90 Å². The van der Waals surface area contributed by atoms with E-state index < -0.39 is 0 Å². The maximum Gasteiger partial charge on any atom is 0.270 e. The van der Waals surface area contributed by atoms with E-state index in [4.69, 9.17) is 16.6 Å². The zero-order chi connectivity index (χ0) is 18.1. The number of anilines is 1. The Kier molecular flexibility index (Phi) is 4.76. The first-order valence-electron chi connectivity index (χ1n) is 8.08. The Labute approximate surface area is 164 Å². The molecule has 6 heteroatoms. The van der Waals surface area contributed by atoms with Gasteiger partial charge in [0.25, 0.3) is 5.91 Å². The summed E-state index contributed by atoms with van der Waals surface area (Å²) in [6.45, 7) is 2.47. The van der Waals surface area contributed by atoms with E-state index in [9.17, 15) is 4.79 Å². The van der Waals surface area contributed by atoms with E-state index in [1.54, 1.807) is 4.90 Å². The number of benzene rings is 2. The van der Waals surface area contributed by atoms with Gasteiger partial charge in [-0.2, -0.15) is 0 Å². The van der Waals surface area contributed by atoms with Crippen LogP contribution >= 0.6 is 34.3 Å². The molecular formula is C20H15ClN2OS2. The second-order valence-corrected chi connectivity index (χ2v) is 8.23. The molecule has 0 radical (unpaired) electrons. The van der Waals surface area contributed by atoms with Crippen LogP contribution in [0.15, 0.2) is 60.0 Å². The quantitative estimate of drug-likeness (QED) is 0.412. The summed E-state index contributed by atoms with van der Waals surface area (Å²) in [5, 5.41) is 3.24. The van der Waals surface area contributed by atoms with Gasteiger partial charge in [-0.15, -0.1) is 11.3 Å². The second kappa shape index (κ2) is 7.19. The van der Waals surface area contributed by atoms with Gasteiger partial charge in [-0.05, 0) is 35.6 Å². The van der Waals surface area contributed by atoms with Crippen LogP contribution in [-0.2, 0) is 6.54 Å². The van der Waals surface area contributed by atoms with Gasteiger partial charge >= 0.3 is 0 Å². The third kappa shape index (κ3) is 3.26. The van der Waals surface area contributed by atoms with Crippen LogP contribution in [-0.4, -0.2) is 10.9 Å². The minimum atomic E-state index is -0.0447. The third-order valence-corrected chi connectivity index (χ3v) is 6.47. The number of halogens is 1. The van der Waals surface area contributed by atoms with E-state index >= 15 is 0 Å². The summed E-state index contributed by atoms with van der Waals surface area (Å²) in [6, 6.07) is 17.5. The van der Waals surface area contributed by atoms with Crippen molar-refractivity contribution in [1.29, 1.82) is 0 Å². The molecule has 0 spiro atoms. The van der Waals surface area contributed by atoms with Gasteiger partial charge in [-0.1, -0.05) is 65.4 Å². The fourth-order valence-electron chi connectivity index (χ4n) is 2.73. The van der Waals surface area contributed by atoms with Crippen LogP contribution in [0.1, 0.15) is 20.8 Å². The van der Waals surface area contributed by atoms with Crippen LogP contribution in [0.5, 0.6) is 0 Å². The molecule has 0 aliphatic rings. The number of thiazole rings is 1. The number of carbonyl (C=O) groups is 1. The van der Waals surface area contributed by atoms with Crippen molar-refractivity contribution < 1.29 is 4.79 Å². The third-order valence-electron chi connectivity index (χ3n) is 4.08. The van der Waals surface area contributed by atoms with Gasteiger partial charge in [0.1, 0.15) is 0 Å². The fourth-order valence-corrected chi connectivity index (χ4v) is 4.72. The molecule has 130 valence electrons. The highest BCUT2D eigenvalue weighted by Gasteiger charge is 2.23. The average molecular weight is 399 g/mol. The molecular weight excluding hydrogens is 384 g/mol. The van der Waals surface area contributed by atoms with Gasteiger partial charge in [0, 0.05) is 0 Å². The Bertz CT molecular complexity index is 1020. The Balaban J connectivity index is 1.81. The lowest BCUT2D eigenvalue weighted by molar-refractivity contribution is 0.0989. The maximum atomic E-state index is 13.1. The smallest absolute Gasteiger partial charge is 0.270 e. The van der Waals surface area contributed by atoms with Crippen LogP contribution in [0.2, 0.25) is 5.02 Å². The van der Waals surface area contributed by atoms with Crippen molar-refractivity contribution in [2.24, 2.45) is 0 Å². The van der Waals surface area contributed by atoms with Crippen LogP contribution in [0.4, 0.5) is 5.13 Å². The van der Waals surface area contributed by atoms with Crippen molar-refractivity contribution in [2.75, 3.05) is 4.90 Å². The molecule has 0 fully saturated rings. The highest BCUT2D eigenvalue weighted by molar-refractivity contribution is 7.23. The summed E-state index contributed by atoms with van der Waals surface area (Å²) in [4.78, 5) is 20.3. The molecule has 0 aliphatic heterocycles. The molecule has 0 aliphatic carbocycles. The number of amides is 1. The van der Waals surface area contributed by atoms with Gasteiger partial charge in [0.05, 0.1) is 26.7 Å². The number of thiophene rings is 1. The SMILES string of the molecule is Cc1ccc(Cl)c2sc(N(Cc3ccccc3)C(=O)c3cccs3)nc12. The second-order valence-electron chi connectivity index (χ2n) is 5.89. The number of aryl methyl sites for hydroxylation is 1. The Morgan fingerprint density at radius 1 is 1.12 bits per heavy atom. The first-order chi connectivity index (χ1) is 12.6. The van der Waals surface area contributed by atoms with Gasteiger partial charge in [-0.25, -0.2) is 4.98 Å². The molecule has 0 atom stereocenters. The highest BCUT2D eigenvalue weighted by atomic mass is 35.5. The lowest BCUT2D eigenvalue weighted by Crippen LogP contribution is -2.29. The van der Waals surface area contributed by atoms with E-state index in [1.807, 2.05) is 66.9 Å². The predicted molar refractivity (Wildman–Crippen MR) is 111 cm³/mol. The van der Waals surface area contributed by atoms with Crippen molar-refractivity contribution >= 4 is 55.5 Å². The van der Waals surface area contributed by atoms with E-state index in [2.05, 4.69) is 0 Å². The fraction of sp³-hybridized carbons (Fsp3) is 0.100. The molecule has 1 amide bonds. The normalized spacial score (nSPS) is 11.0. The van der Waals surface area contributed by atoms with Crippen molar-refractivity contribution in [3.63, 3.8) is 0 Å². The van der Waals surface area contributed by atoms with E-state index in [0.29, 0.717) is 21.6 Å². The first kappa shape index (κ1) is 17.2. The Hall–Kier alpha value is -2.21. The molecule has 4 rings (SSSR count). The van der Waals surface area contributed by atoms with Crippen molar-refractivity contribution in [1.82, 2.24) is 4.98 Å². The molecule has 2 aromatic carbocycles. The summed E-state index contributed by atoms with van der Waals surface area (Å²) in [6.07, 6.45) is 0. The molecule has 0 saturated carbocycles. The Morgan fingerprint density at radius 3 is 2.62 bits per heavy atom. The van der Waals surface area contributed by atoms with Crippen molar-refractivity contribution in [3.8, 4) is 0 Å². The molecule has 26 heavy (non-hydrogen) atoms. The lowest BCUT2D eigenvalue weighted by Gasteiger charge is -2.19. The molecule has 0 saturated heterocycles. The summed E-state index contributed by atoms with van der Waals surface area (Å²) >= 11 is 9.25. The van der Waals surface area contributed by atoms with Gasteiger partial charge in [0.15, 0.2) is 5.13 Å². The van der Waals surface area contributed by atoms with Crippen molar-refractivity contribution in [3.05, 3.63) is 81.0 Å². The lowest BCUT2D eigenvalue weighted by atomic mass is 10.2. The molecule has 0 N–H and O–H groups in total. The van der Waals surface area contributed by atoms with Crippen LogP contribution in [0.3, 0.4) is 0 Å². The van der Waals surface area contributed by atoms with E-state index in [-0.39, 0.29) is 5.91 Å². The maximum absolute atomic E-state index is 13.1. The topological polar surface area (TPSA) is 33.2 Å². The van der Waals surface area contributed by atoms with E-state index in [0.717, 1.165) is 21.3 Å². The van der Waals surface area contributed by atoms with Gasteiger partial charge < -0.3 is 0 Å². The number of rotatable bonds is 4. The summed E-state index contributed by atoms with van der Waals surface area (Å²) < 4.78 is 0.915. The summed E-state index contributed by atoms with van der Waals surface area (Å²) in [7, 11) is 0. The van der Waals surface area contributed by atoms with Gasteiger partial charge in [0.2, 0.25) is 0 Å². The monoisotopic (exact) mass is 398 g/mol. The standard InChI is InChI=1S/C20H15ClN2OS2/c1-13-9-10-15(21)18-17(13)22-20(26-18)23(12-14-6-3-2-4-7-14)19(24)16-8-5-11-25-16/h2-11H,12H2,1H3. The molecule has 3 nitrogen and oxygen atoms in total.